The van der Waals surface area contributed by atoms with Crippen LogP contribution in [0.3, 0.4) is 0 Å². The summed E-state index contributed by atoms with van der Waals surface area (Å²) in [7, 11) is 0. The zero-order valence-electron chi connectivity index (χ0n) is 9.35. The first-order chi connectivity index (χ1) is 8.20. The maximum atomic E-state index is 11.4. The van der Waals surface area contributed by atoms with E-state index in [1.54, 1.807) is 37.3 Å². The molecule has 0 aromatic heterocycles. The molecule has 17 heavy (non-hydrogen) atoms. The summed E-state index contributed by atoms with van der Waals surface area (Å²) in [5, 5.41) is 13.2. The van der Waals surface area contributed by atoms with Crippen molar-refractivity contribution in [2.75, 3.05) is 6.61 Å². The van der Waals surface area contributed by atoms with E-state index in [0.717, 1.165) is 0 Å². The van der Waals surface area contributed by atoms with E-state index in [2.05, 4.69) is 14.8 Å². The molecule has 1 rings (SSSR count). The van der Waals surface area contributed by atoms with Gasteiger partial charge in [-0.1, -0.05) is 35.4 Å². The number of esters is 1. The third-order valence-corrected chi connectivity index (χ3v) is 2.14. The topological polar surface area (TPSA) is 95.3 Å². The summed E-state index contributed by atoms with van der Waals surface area (Å²) in [5.41, 5.74) is 9.01. The van der Waals surface area contributed by atoms with Gasteiger partial charge in [-0.05, 0) is 18.0 Å². The van der Waals surface area contributed by atoms with Gasteiger partial charge >= 0.3 is 5.97 Å². The van der Waals surface area contributed by atoms with Gasteiger partial charge in [-0.2, -0.15) is 0 Å². The molecule has 0 fully saturated rings. The fourth-order valence-electron chi connectivity index (χ4n) is 1.37. The van der Waals surface area contributed by atoms with Crippen LogP contribution < -0.4 is 0 Å². The average molecular weight is 235 g/mol. The molecule has 0 aliphatic heterocycles. The van der Waals surface area contributed by atoms with Crippen LogP contribution in [0, 0.1) is 0 Å². The summed E-state index contributed by atoms with van der Waals surface area (Å²) >= 11 is 0. The Morgan fingerprint density at radius 3 is 2.71 bits per heavy atom. The van der Waals surface area contributed by atoms with Crippen LogP contribution in [0.15, 0.2) is 35.4 Å². The van der Waals surface area contributed by atoms with Crippen molar-refractivity contribution in [2.45, 2.75) is 19.1 Å². The van der Waals surface area contributed by atoms with E-state index in [0.29, 0.717) is 5.56 Å². The highest BCUT2D eigenvalue weighted by Gasteiger charge is 2.27. The summed E-state index contributed by atoms with van der Waals surface area (Å²) < 4.78 is 4.68. The fourth-order valence-corrected chi connectivity index (χ4v) is 1.37. The molecule has 0 heterocycles. The minimum atomic E-state index is -1.49. The lowest BCUT2D eigenvalue weighted by atomic mass is 10.0. The summed E-state index contributed by atoms with van der Waals surface area (Å²) in [4.78, 5) is 14.0. The van der Waals surface area contributed by atoms with E-state index in [1.165, 1.54) is 0 Å². The molecule has 0 bridgehead atoms. The number of carbonyl (C=O) groups is 1. The molecule has 0 aliphatic rings. The monoisotopic (exact) mass is 235 g/mol. The Hall–Kier alpha value is -2.04. The Kier molecular flexibility index (Phi) is 5.00. The highest BCUT2D eigenvalue weighted by molar-refractivity contribution is 5.75. The average Bonchev–Trinajstić information content (AvgIpc) is 2.36. The van der Waals surface area contributed by atoms with Crippen molar-refractivity contribution >= 4 is 5.97 Å². The van der Waals surface area contributed by atoms with Gasteiger partial charge in [-0.25, -0.2) is 4.79 Å². The predicted octanol–water partition coefficient (Wildman–Crippen LogP) is 1.96. The summed E-state index contributed by atoms with van der Waals surface area (Å²) in [5.74, 6) is -0.797. The number of rotatable bonds is 5. The molecule has 2 atom stereocenters. The second-order valence-corrected chi connectivity index (χ2v) is 3.26. The number of ether oxygens (including phenoxy) is 1. The highest BCUT2D eigenvalue weighted by Crippen LogP contribution is 2.22. The van der Waals surface area contributed by atoms with E-state index in [1.807, 2.05) is 0 Å². The van der Waals surface area contributed by atoms with Crippen molar-refractivity contribution < 1.29 is 14.6 Å². The minimum absolute atomic E-state index is 0.160. The Labute approximate surface area is 98.5 Å². The molecule has 90 valence electrons. The van der Waals surface area contributed by atoms with Gasteiger partial charge in [0, 0.05) is 4.91 Å². The van der Waals surface area contributed by atoms with Crippen molar-refractivity contribution in [1.82, 2.24) is 0 Å². The number of nitrogens with zero attached hydrogens (tertiary/aromatic N) is 3. The second-order valence-electron chi connectivity index (χ2n) is 3.26. The van der Waals surface area contributed by atoms with E-state index < -0.39 is 18.1 Å². The lowest BCUT2D eigenvalue weighted by Gasteiger charge is -2.17. The van der Waals surface area contributed by atoms with Crippen LogP contribution in [0.25, 0.3) is 10.4 Å². The lowest BCUT2D eigenvalue weighted by molar-refractivity contribution is -0.154. The fraction of sp³-hybridized carbons (Fsp3) is 0.364. The highest BCUT2D eigenvalue weighted by atomic mass is 16.5. The molecule has 0 saturated heterocycles. The number of hydrogen-bond acceptors (Lipinski definition) is 4. The summed E-state index contributed by atoms with van der Waals surface area (Å²) in [6.45, 7) is 1.80. The second kappa shape index (κ2) is 6.52. The maximum absolute atomic E-state index is 11.4. The number of hydrogen-bond donors (Lipinski definition) is 1. The van der Waals surface area contributed by atoms with Crippen LogP contribution in [0.4, 0.5) is 0 Å². The van der Waals surface area contributed by atoms with Crippen LogP contribution in [0.1, 0.15) is 18.5 Å². The van der Waals surface area contributed by atoms with Gasteiger partial charge in [0.15, 0.2) is 6.10 Å². The van der Waals surface area contributed by atoms with Gasteiger partial charge in [0.05, 0.1) is 12.6 Å². The zero-order valence-corrected chi connectivity index (χ0v) is 9.35. The van der Waals surface area contributed by atoms with Crippen LogP contribution in [-0.4, -0.2) is 23.8 Å². The van der Waals surface area contributed by atoms with Gasteiger partial charge in [0.25, 0.3) is 0 Å². The van der Waals surface area contributed by atoms with Crippen molar-refractivity contribution in [1.29, 1.82) is 0 Å². The first kappa shape index (κ1) is 13.0. The maximum Gasteiger partial charge on any atom is 0.335 e. The SMILES string of the molecule is CCOC(=O)[C@@H](O)[C@H](N=[N+]=[N-])c1ccccc1. The first-order valence-corrected chi connectivity index (χ1v) is 5.14. The van der Waals surface area contributed by atoms with E-state index in [4.69, 9.17) is 5.53 Å². The molecule has 0 radical (unpaired) electrons. The third-order valence-electron chi connectivity index (χ3n) is 2.14. The summed E-state index contributed by atoms with van der Waals surface area (Å²) in [6.07, 6.45) is -1.49. The van der Waals surface area contributed by atoms with Gasteiger partial charge < -0.3 is 9.84 Å². The molecule has 0 aliphatic carbocycles. The van der Waals surface area contributed by atoms with Crippen LogP contribution in [0.2, 0.25) is 0 Å². The number of azide groups is 1. The smallest absolute Gasteiger partial charge is 0.335 e. The Morgan fingerprint density at radius 1 is 1.53 bits per heavy atom. The van der Waals surface area contributed by atoms with Gasteiger partial charge in [0.2, 0.25) is 0 Å². The van der Waals surface area contributed by atoms with Gasteiger partial charge in [-0.3, -0.25) is 0 Å². The predicted molar refractivity (Wildman–Crippen MR) is 61.0 cm³/mol. The molecule has 6 nitrogen and oxygen atoms in total. The quantitative estimate of drug-likeness (QED) is 0.365. The van der Waals surface area contributed by atoms with Gasteiger partial charge in [0.1, 0.15) is 0 Å². The molecule has 6 heteroatoms. The van der Waals surface area contributed by atoms with E-state index in [9.17, 15) is 9.90 Å². The molecule has 0 spiro atoms. The lowest BCUT2D eigenvalue weighted by Crippen LogP contribution is -2.28. The summed E-state index contributed by atoms with van der Waals surface area (Å²) in [6, 6.07) is 7.61. The zero-order chi connectivity index (χ0) is 12.7. The third kappa shape index (κ3) is 3.48. The minimum Gasteiger partial charge on any atom is -0.464 e. The van der Waals surface area contributed by atoms with E-state index >= 15 is 0 Å². The number of benzene rings is 1. The van der Waals surface area contributed by atoms with Crippen LogP contribution in [-0.2, 0) is 9.53 Å². The molecule has 0 saturated carbocycles. The molecule has 1 aromatic carbocycles. The molecule has 0 amide bonds. The van der Waals surface area contributed by atoms with Crippen molar-refractivity contribution in [3.8, 4) is 0 Å². The van der Waals surface area contributed by atoms with Crippen molar-refractivity contribution in [3.63, 3.8) is 0 Å². The molecule has 1 aromatic rings. The number of aliphatic hydroxyl groups excluding tert-OH is 1. The Morgan fingerprint density at radius 2 is 2.18 bits per heavy atom. The normalized spacial score (nSPS) is 13.3. The first-order valence-electron chi connectivity index (χ1n) is 5.14. The Bertz CT molecular complexity index is 415. The largest absolute Gasteiger partial charge is 0.464 e. The standard InChI is InChI=1S/C11H13N3O3/c1-2-17-11(16)10(15)9(13-14-12)8-6-4-3-5-7-8/h3-7,9-10,15H,2H2,1H3/t9-,10+/m1/s1. The van der Waals surface area contributed by atoms with Crippen LogP contribution >= 0.6 is 0 Å². The molecule has 1 N–H and O–H groups in total. The van der Waals surface area contributed by atoms with Crippen LogP contribution in [0.5, 0.6) is 0 Å². The van der Waals surface area contributed by atoms with Crippen molar-refractivity contribution in [2.24, 2.45) is 5.11 Å². The molecular formula is C11H13N3O3. The van der Waals surface area contributed by atoms with Crippen molar-refractivity contribution in [3.05, 3.63) is 46.3 Å². The Balaban J connectivity index is 2.94. The number of carbonyl (C=O) groups excluding carboxylic acids is 1. The van der Waals surface area contributed by atoms with E-state index in [-0.39, 0.29) is 6.61 Å². The molecule has 0 unspecified atom stereocenters. The molecular weight excluding hydrogens is 222 g/mol. The van der Waals surface area contributed by atoms with Gasteiger partial charge in [-0.15, -0.1) is 0 Å². The number of aliphatic hydroxyl groups is 1.